The smallest absolute Gasteiger partial charge is 0.307 e. The average molecular weight is 428 g/mol. The van der Waals surface area contributed by atoms with Gasteiger partial charge in [-0.2, -0.15) is 0 Å². The maximum atomic E-state index is 13.5. The van der Waals surface area contributed by atoms with Gasteiger partial charge in [0.15, 0.2) is 11.5 Å². The van der Waals surface area contributed by atoms with E-state index in [4.69, 9.17) is 14.2 Å². The van der Waals surface area contributed by atoms with Crippen LogP contribution in [0, 0.1) is 0 Å². The standard InChI is InChI=1S/C23H25NO5S/c1-27-18-10-14-8-9-24(17(13-22(25)29-3)16(14)12-19(18)28-2)23(26)21-11-15-6-4-5-7-20(15)30-21/h4-7,10,12,17,21H,8-9,11,13H2,1-3H3. The summed E-state index contributed by atoms with van der Waals surface area (Å²) in [5.74, 6) is 0.950. The SMILES string of the molecule is COC(=O)CC1c2cc(OC)c(OC)cc2CCN1C(=O)C1Cc2ccccc2S1. The molecule has 2 atom stereocenters. The third-order valence-electron chi connectivity index (χ3n) is 5.80. The zero-order valence-electron chi connectivity index (χ0n) is 17.3. The van der Waals surface area contributed by atoms with E-state index in [9.17, 15) is 9.59 Å². The Labute approximate surface area is 180 Å². The Hall–Kier alpha value is -2.67. The van der Waals surface area contributed by atoms with Crippen LogP contribution < -0.4 is 9.47 Å². The predicted octanol–water partition coefficient (Wildman–Crippen LogP) is 3.41. The molecule has 30 heavy (non-hydrogen) atoms. The lowest BCUT2D eigenvalue weighted by Crippen LogP contribution is -2.45. The summed E-state index contributed by atoms with van der Waals surface area (Å²) in [4.78, 5) is 28.7. The van der Waals surface area contributed by atoms with E-state index in [1.165, 1.54) is 12.7 Å². The minimum Gasteiger partial charge on any atom is -0.493 e. The first kappa shape index (κ1) is 20.6. The van der Waals surface area contributed by atoms with Crippen LogP contribution in [0.2, 0.25) is 0 Å². The van der Waals surface area contributed by atoms with Gasteiger partial charge in [0.25, 0.3) is 0 Å². The second kappa shape index (κ2) is 8.60. The summed E-state index contributed by atoms with van der Waals surface area (Å²) in [6.07, 6.45) is 1.51. The summed E-state index contributed by atoms with van der Waals surface area (Å²) >= 11 is 1.61. The lowest BCUT2D eigenvalue weighted by Gasteiger charge is -2.38. The number of nitrogens with zero attached hydrogens (tertiary/aromatic N) is 1. The number of esters is 1. The highest BCUT2D eigenvalue weighted by atomic mass is 32.2. The van der Waals surface area contributed by atoms with Crippen LogP contribution in [-0.4, -0.2) is 49.9 Å². The van der Waals surface area contributed by atoms with Crippen molar-refractivity contribution in [2.75, 3.05) is 27.9 Å². The van der Waals surface area contributed by atoms with Gasteiger partial charge in [-0.05, 0) is 47.7 Å². The number of methoxy groups -OCH3 is 3. The van der Waals surface area contributed by atoms with E-state index in [1.54, 1.807) is 26.0 Å². The molecule has 1 amide bonds. The van der Waals surface area contributed by atoms with Crippen LogP contribution >= 0.6 is 11.8 Å². The first-order chi connectivity index (χ1) is 14.5. The fraction of sp³-hybridized carbons (Fsp3) is 0.391. The molecule has 0 fully saturated rings. The summed E-state index contributed by atoms with van der Waals surface area (Å²) in [5.41, 5.74) is 3.18. The van der Waals surface area contributed by atoms with Crippen molar-refractivity contribution in [1.82, 2.24) is 4.90 Å². The normalized spacial score (nSPS) is 19.6. The molecule has 2 unspecified atom stereocenters. The molecular weight excluding hydrogens is 402 g/mol. The summed E-state index contributed by atoms with van der Waals surface area (Å²) < 4.78 is 15.8. The van der Waals surface area contributed by atoms with Crippen LogP contribution in [0.3, 0.4) is 0 Å². The van der Waals surface area contributed by atoms with Gasteiger partial charge in [-0.25, -0.2) is 0 Å². The van der Waals surface area contributed by atoms with Crippen molar-refractivity contribution in [2.45, 2.75) is 35.4 Å². The van der Waals surface area contributed by atoms with Gasteiger partial charge in [0, 0.05) is 11.4 Å². The molecule has 2 aromatic rings. The van der Waals surface area contributed by atoms with Crippen LogP contribution in [0.4, 0.5) is 0 Å². The molecule has 0 N–H and O–H groups in total. The van der Waals surface area contributed by atoms with Gasteiger partial charge in [0.1, 0.15) is 0 Å². The number of hydrogen-bond donors (Lipinski definition) is 0. The lowest BCUT2D eigenvalue weighted by atomic mass is 9.89. The fourth-order valence-corrected chi connectivity index (χ4v) is 5.52. The lowest BCUT2D eigenvalue weighted by molar-refractivity contribution is -0.144. The topological polar surface area (TPSA) is 65.1 Å². The first-order valence-electron chi connectivity index (χ1n) is 9.92. The highest BCUT2D eigenvalue weighted by Gasteiger charge is 2.38. The van der Waals surface area contributed by atoms with E-state index >= 15 is 0 Å². The molecule has 158 valence electrons. The Morgan fingerprint density at radius 2 is 1.80 bits per heavy atom. The minimum absolute atomic E-state index is 0.0607. The molecule has 6 nitrogen and oxygen atoms in total. The summed E-state index contributed by atoms with van der Waals surface area (Å²) in [7, 11) is 4.55. The first-order valence-corrected chi connectivity index (χ1v) is 10.8. The number of rotatable bonds is 5. The third kappa shape index (κ3) is 3.74. The number of carbonyl (C=O) groups is 2. The number of fused-ring (bicyclic) bond motifs is 2. The quantitative estimate of drug-likeness (QED) is 0.682. The summed E-state index contributed by atoms with van der Waals surface area (Å²) in [6, 6.07) is 11.6. The highest BCUT2D eigenvalue weighted by molar-refractivity contribution is 8.01. The van der Waals surface area contributed by atoms with Gasteiger partial charge in [-0.1, -0.05) is 18.2 Å². The van der Waals surface area contributed by atoms with Gasteiger partial charge in [0.2, 0.25) is 5.91 Å². The van der Waals surface area contributed by atoms with Crippen molar-refractivity contribution in [2.24, 2.45) is 0 Å². The summed E-state index contributed by atoms with van der Waals surface area (Å²) in [5, 5.41) is -0.177. The van der Waals surface area contributed by atoms with E-state index in [0.29, 0.717) is 30.9 Å². The number of amides is 1. The molecule has 0 saturated carbocycles. The molecule has 2 aromatic carbocycles. The zero-order valence-corrected chi connectivity index (χ0v) is 18.2. The van der Waals surface area contributed by atoms with Crippen molar-refractivity contribution in [3.8, 4) is 11.5 Å². The Morgan fingerprint density at radius 3 is 2.50 bits per heavy atom. The van der Waals surface area contributed by atoms with E-state index < -0.39 is 6.04 Å². The Bertz CT molecular complexity index is 951. The van der Waals surface area contributed by atoms with Gasteiger partial charge in [-0.3, -0.25) is 9.59 Å². The largest absolute Gasteiger partial charge is 0.493 e. The van der Waals surface area contributed by atoms with Gasteiger partial charge < -0.3 is 19.1 Å². The number of carbonyl (C=O) groups excluding carboxylic acids is 2. The molecule has 2 heterocycles. The maximum Gasteiger partial charge on any atom is 0.307 e. The van der Waals surface area contributed by atoms with Crippen molar-refractivity contribution in [1.29, 1.82) is 0 Å². The van der Waals surface area contributed by atoms with Gasteiger partial charge in [0.05, 0.1) is 39.0 Å². The highest BCUT2D eigenvalue weighted by Crippen LogP contribution is 2.43. The Kier molecular flexibility index (Phi) is 5.90. The molecule has 2 aliphatic heterocycles. The number of benzene rings is 2. The Morgan fingerprint density at radius 1 is 1.07 bits per heavy atom. The van der Waals surface area contributed by atoms with Crippen molar-refractivity contribution in [3.05, 3.63) is 53.1 Å². The number of ether oxygens (including phenoxy) is 3. The van der Waals surface area contributed by atoms with Crippen LogP contribution in [-0.2, 0) is 27.2 Å². The van der Waals surface area contributed by atoms with E-state index in [0.717, 1.165) is 16.0 Å². The van der Waals surface area contributed by atoms with Gasteiger partial charge in [-0.15, -0.1) is 11.8 Å². The maximum absolute atomic E-state index is 13.5. The van der Waals surface area contributed by atoms with E-state index in [2.05, 4.69) is 12.1 Å². The third-order valence-corrected chi connectivity index (χ3v) is 7.10. The monoisotopic (exact) mass is 427 g/mol. The van der Waals surface area contributed by atoms with Crippen molar-refractivity contribution >= 4 is 23.6 Å². The summed E-state index contributed by atoms with van der Waals surface area (Å²) in [6.45, 7) is 0.552. The fourth-order valence-electron chi connectivity index (χ4n) is 4.26. The second-order valence-corrected chi connectivity index (χ2v) is 8.65. The molecule has 0 aromatic heterocycles. The molecule has 0 saturated heterocycles. The molecule has 0 bridgehead atoms. The average Bonchev–Trinajstić information content (AvgIpc) is 3.22. The van der Waals surface area contributed by atoms with Crippen molar-refractivity contribution in [3.63, 3.8) is 0 Å². The predicted molar refractivity (Wildman–Crippen MR) is 114 cm³/mol. The van der Waals surface area contributed by atoms with Crippen LogP contribution in [0.15, 0.2) is 41.3 Å². The molecule has 0 radical (unpaired) electrons. The molecule has 7 heteroatoms. The second-order valence-electron chi connectivity index (χ2n) is 7.40. The van der Waals surface area contributed by atoms with Crippen LogP contribution in [0.1, 0.15) is 29.2 Å². The molecule has 4 rings (SSSR count). The molecular formula is C23H25NO5S. The molecule has 0 spiro atoms. The van der Waals surface area contributed by atoms with E-state index in [-0.39, 0.29) is 23.5 Å². The number of thioether (sulfide) groups is 1. The van der Waals surface area contributed by atoms with Gasteiger partial charge >= 0.3 is 5.97 Å². The Balaban J connectivity index is 1.66. The van der Waals surface area contributed by atoms with Crippen molar-refractivity contribution < 1.29 is 23.8 Å². The number of hydrogen-bond acceptors (Lipinski definition) is 6. The zero-order chi connectivity index (χ0) is 21.3. The molecule has 0 aliphatic carbocycles. The molecule has 2 aliphatic rings. The minimum atomic E-state index is -0.391. The van der Waals surface area contributed by atoms with E-state index in [1.807, 2.05) is 29.2 Å². The van der Waals surface area contributed by atoms with Crippen LogP contribution in [0.25, 0.3) is 0 Å². The van der Waals surface area contributed by atoms with Crippen LogP contribution in [0.5, 0.6) is 11.5 Å².